The highest BCUT2D eigenvalue weighted by atomic mass is 16.5. The third kappa shape index (κ3) is 9.72. The van der Waals surface area contributed by atoms with Crippen LogP contribution in [-0.4, -0.2) is 128 Å². The predicted molar refractivity (Wildman–Crippen MR) is 240 cm³/mol. The highest BCUT2D eigenvalue weighted by Gasteiger charge is 2.38. The van der Waals surface area contributed by atoms with Gasteiger partial charge in [0, 0.05) is 73.5 Å². The van der Waals surface area contributed by atoms with E-state index in [-0.39, 0.29) is 42.9 Å². The van der Waals surface area contributed by atoms with Gasteiger partial charge in [0.1, 0.15) is 18.4 Å². The number of nitrogens with one attached hydrogen (secondary N) is 2. The van der Waals surface area contributed by atoms with Gasteiger partial charge in [0.25, 0.3) is 5.91 Å². The first kappa shape index (κ1) is 45.6. The normalized spacial score (nSPS) is 21.7. The minimum absolute atomic E-state index is 0.000156. The van der Waals surface area contributed by atoms with E-state index in [0.717, 1.165) is 45.4 Å². The number of cyclic esters (lactones) is 1. The van der Waals surface area contributed by atoms with E-state index in [0.29, 0.717) is 57.8 Å². The Morgan fingerprint density at radius 3 is 2.65 bits per heavy atom. The maximum absolute atomic E-state index is 14.6. The van der Waals surface area contributed by atoms with Gasteiger partial charge < -0.3 is 24.3 Å². The predicted octanol–water partition coefficient (Wildman–Crippen LogP) is 4.79. The van der Waals surface area contributed by atoms with Crippen LogP contribution >= 0.6 is 0 Å². The highest BCUT2D eigenvalue weighted by molar-refractivity contribution is 5.95. The number of fused-ring (bicyclic) bond motifs is 6. The summed E-state index contributed by atoms with van der Waals surface area (Å²) in [6.45, 7) is 18.9. The van der Waals surface area contributed by atoms with Crippen LogP contribution in [0.5, 0.6) is 0 Å². The van der Waals surface area contributed by atoms with Gasteiger partial charge in [-0.25, -0.2) is 15.1 Å². The summed E-state index contributed by atoms with van der Waals surface area (Å²) in [4.78, 5) is 68.4. The summed E-state index contributed by atoms with van der Waals surface area (Å²) in [5.74, 6) is -0.649. The molecule has 16 nitrogen and oxygen atoms in total. The van der Waals surface area contributed by atoms with Crippen LogP contribution in [0.1, 0.15) is 78.2 Å². The Balaban J connectivity index is 1.26. The van der Waals surface area contributed by atoms with E-state index in [4.69, 9.17) is 24.5 Å². The number of carbonyl (C=O) groups is 4. The second-order valence-electron chi connectivity index (χ2n) is 18.5. The van der Waals surface area contributed by atoms with E-state index in [1.165, 1.54) is 11.1 Å². The van der Waals surface area contributed by atoms with Gasteiger partial charge in [-0.1, -0.05) is 34.3 Å². The van der Waals surface area contributed by atoms with Crippen LogP contribution in [0.4, 0.5) is 0 Å². The molecule has 6 heterocycles. The van der Waals surface area contributed by atoms with Crippen molar-refractivity contribution in [3.63, 3.8) is 0 Å². The Morgan fingerprint density at radius 2 is 1.92 bits per heavy atom. The molecule has 0 saturated carbocycles. The number of benzene rings is 1. The standard InChI is InChI=1S/C47H64N10O6/c1-10-39(58)54-21-18-31(25-54)24-53(8)41(29(3)4)44(59)50-37-26-55-28-49-43(52-55)32-16-17-38-34(22-32)35(42(56(38)11-2)33-14-12-19-48-40(33)30(5)62-9)23-47(6,7)27-63-46(61)36-15-13-20-57(51-36)45(37)60/h10,12,14,16-17,19,22,28-31,36-37,41,51H,1,11,13,15,18,20-21,23-27H2,2-9H3,(H,50,59)/t30-,31?,36-,37-,41-/m0/s1. The monoisotopic (exact) mass is 865 g/mol. The fourth-order valence-electron chi connectivity index (χ4n) is 9.62. The number of hydrazine groups is 1. The first-order chi connectivity index (χ1) is 30.1. The van der Waals surface area contributed by atoms with Gasteiger partial charge in [-0.15, -0.1) is 0 Å². The van der Waals surface area contributed by atoms with Gasteiger partial charge in [0.15, 0.2) is 5.82 Å². The van der Waals surface area contributed by atoms with Crippen molar-refractivity contribution in [3.8, 4) is 22.6 Å². The average molecular weight is 865 g/mol. The Morgan fingerprint density at radius 1 is 1.13 bits per heavy atom. The lowest BCUT2D eigenvalue weighted by Gasteiger charge is -2.37. The van der Waals surface area contributed by atoms with Gasteiger partial charge in [-0.3, -0.25) is 34.1 Å². The van der Waals surface area contributed by atoms with Crippen molar-refractivity contribution in [3.05, 3.63) is 66.8 Å². The van der Waals surface area contributed by atoms with E-state index < -0.39 is 35.4 Å². The Kier molecular flexibility index (Phi) is 13.8. The van der Waals surface area contributed by atoms with Gasteiger partial charge in [-0.05, 0) is 100 Å². The van der Waals surface area contributed by atoms with Gasteiger partial charge in [0.05, 0.1) is 36.7 Å². The van der Waals surface area contributed by atoms with Crippen LogP contribution in [0.2, 0.25) is 0 Å². The number of pyridine rings is 1. The number of hydrogen-bond donors (Lipinski definition) is 2. The van der Waals surface area contributed by atoms with Gasteiger partial charge in [0.2, 0.25) is 11.8 Å². The first-order valence-corrected chi connectivity index (χ1v) is 22.3. The molecule has 3 aliphatic rings. The van der Waals surface area contributed by atoms with Crippen molar-refractivity contribution in [2.75, 3.05) is 46.9 Å². The number of nitrogens with zero attached hydrogens (tertiary/aromatic N) is 8. The molecule has 1 aromatic carbocycles. The number of methoxy groups -OCH3 is 1. The van der Waals surface area contributed by atoms with E-state index in [2.05, 4.69) is 60.9 Å². The third-order valence-electron chi connectivity index (χ3n) is 12.8. The number of carbonyl (C=O) groups excluding carboxylic acids is 4. The lowest BCUT2D eigenvalue weighted by atomic mass is 9.84. The largest absolute Gasteiger partial charge is 0.464 e. The molecule has 3 aliphatic heterocycles. The molecule has 2 N–H and O–H groups in total. The fraction of sp³-hybridized carbons (Fsp3) is 0.553. The molecule has 0 spiro atoms. The molecule has 1 unspecified atom stereocenters. The topological polar surface area (TPSA) is 169 Å². The molecule has 7 rings (SSSR count). The number of ether oxygens (including phenoxy) is 2. The summed E-state index contributed by atoms with van der Waals surface area (Å²) in [6, 6.07) is 7.89. The van der Waals surface area contributed by atoms with Crippen molar-refractivity contribution in [1.82, 2.24) is 49.9 Å². The zero-order valence-corrected chi connectivity index (χ0v) is 38.1. The third-order valence-corrected chi connectivity index (χ3v) is 12.8. The van der Waals surface area contributed by atoms with Crippen molar-refractivity contribution < 1.29 is 28.7 Å². The van der Waals surface area contributed by atoms with Crippen LogP contribution in [0, 0.1) is 17.3 Å². The van der Waals surface area contributed by atoms with Gasteiger partial charge in [-0.2, -0.15) is 5.10 Å². The fourth-order valence-corrected chi connectivity index (χ4v) is 9.62. The summed E-state index contributed by atoms with van der Waals surface area (Å²) in [5, 5.41) is 10.4. The molecule has 0 radical (unpaired) electrons. The molecule has 3 amide bonds. The highest BCUT2D eigenvalue weighted by Crippen LogP contribution is 2.41. The molecule has 16 heteroatoms. The molecule has 6 bridgehead atoms. The quantitative estimate of drug-likeness (QED) is 0.157. The second-order valence-corrected chi connectivity index (χ2v) is 18.5. The SMILES string of the molecule is C=CC(=O)N1CCC(CN(C)[C@H](C(=O)N[C@H]2Cn3cnc(n3)-c3ccc4c(c3)c(c(-c3cccnc3[C@H](C)OC)n4CC)CC(C)(C)COC(=O)[C@@H]3CCCN(N3)C2=O)C(C)C)C1. The number of rotatable bonds is 11. The number of esters is 1. The molecule has 5 atom stereocenters. The molecule has 4 aromatic rings. The van der Waals surface area contributed by atoms with Crippen LogP contribution in [0.25, 0.3) is 33.5 Å². The average Bonchev–Trinajstić information content (AvgIpc) is 4.02. The maximum atomic E-state index is 14.6. The molecular formula is C47H64N10O6. The minimum Gasteiger partial charge on any atom is -0.464 e. The lowest BCUT2D eigenvalue weighted by Crippen LogP contribution is -2.62. The molecule has 63 heavy (non-hydrogen) atoms. The van der Waals surface area contributed by atoms with Crippen molar-refractivity contribution >= 4 is 34.6 Å². The Labute approximate surface area is 370 Å². The Bertz CT molecular complexity index is 2340. The van der Waals surface area contributed by atoms with Crippen LogP contribution in [-0.2, 0) is 48.2 Å². The molecule has 0 aliphatic carbocycles. The van der Waals surface area contributed by atoms with E-state index in [9.17, 15) is 19.2 Å². The molecule has 2 saturated heterocycles. The van der Waals surface area contributed by atoms with Crippen LogP contribution in [0.3, 0.4) is 0 Å². The van der Waals surface area contributed by atoms with Crippen LogP contribution in [0.15, 0.2) is 55.5 Å². The maximum Gasteiger partial charge on any atom is 0.324 e. The van der Waals surface area contributed by atoms with Crippen molar-refractivity contribution in [2.24, 2.45) is 17.3 Å². The summed E-state index contributed by atoms with van der Waals surface area (Å²) in [5.41, 5.74) is 8.39. The smallest absolute Gasteiger partial charge is 0.324 e. The van der Waals surface area contributed by atoms with Crippen molar-refractivity contribution in [1.29, 1.82) is 0 Å². The number of amides is 3. The Hall–Kier alpha value is -5.45. The molecule has 2 fully saturated rings. The summed E-state index contributed by atoms with van der Waals surface area (Å²) in [6.07, 6.45) is 6.91. The first-order valence-electron chi connectivity index (χ1n) is 22.3. The molecular weight excluding hydrogens is 801 g/mol. The lowest BCUT2D eigenvalue weighted by molar-refractivity contribution is -0.155. The zero-order valence-electron chi connectivity index (χ0n) is 38.1. The summed E-state index contributed by atoms with van der Waals surface area (Å²) < 4.78 is 15.8. The van der Waals surface area contributed by atoms with Gasteiger partial charge >= 0.3 is 5.97 Å². The second kappa shape index (κ2) is 19.1. The number of likely N-dealkylation sites (tertiary alicyclic amines) is 1. The minimum atomic E-state index is -1.05. The van der Waals surface area contributed by atoms with E-state index in [1.54, 1.807) is 29.2 Å². The number of hydrogen-bond acceptors (Lipinski definition) is 11. The number of aromatic nitrogens is 5. The van der Waals surface area contributed by atoms with E-state index >= 15 is 0 Å². The van der Waals surface area contributed by atoms with E-state index in [1.807, 2.05) is 44.9 Å². The number of aryl methyl sites for hydroxylation is 1. The van der Waals surface area contributed by atoms with Crippen molar-refractivity contribution in [2.45, 2.75) is 105 Å². The number of likely N-dealkylation sites (N-methyl/N-ethyl adjacent to an activating group) is 1. The summed E-state index contributed by atoms with van der Waals surface area (Å²) >= 11 is 0. The zero-order chi connectivity index (χ0) is 45.2. The summed E-state index contributed by atoms with van der Waals surface area (Å²) in [7, 11) is 3.60. The molecule has 338 valence electrons. The molecule has 3 aromatic heterocycles. The van der Waals surface area contributed by atoms with Crippen LogP contribution < -0.4 is 10.7 Å².